The van der Waals surface area contributed by atoms with Crippen molar-refractivity contribution in [3.63, 3.8) is 0 Å². The topological polar surface area (TPSA) is 55.8 Å². The van der Waals surface area contributed by atoms with E-state index in [-0.39, 0.29) is 29.7 Å². The van der Waals surface area contributed by atoms with E-state index in [2.05, 4.69) is 40.4 Å². The zero-order valence-electron chi connectivity index (χ0n) is 17.9. The summed E-state index contributed by atoms with van der Waals surface area (Å²) >= 11 is 0. The van der Waals surface area contributed by atoms with Crippen molar-refractivity contribution < 1.29 is 18.8 Å². The lowest BCUT2D eigenvalue weighted by Gasteiger charge is -2.40. The second-order valence-electron chi connectivity index (χ2n) is 8.97. The lowest BCUT2D eigenvalue weighted by Crippen LogP contribution is -2.50. The number of imide groups is 1. The molecule has 0 N–H and O–H groups in total. The maximum atomic E-state index is 13.3. The van der Waals surface area contributed by atoms with Crippen LogP contribution in [-0.4, -0.2) is 44.0 Å². The number of nitrogens with zero attached hydrogens (tertiary/aromatic N) is 1. The third kappa shape index (κ3) is 4.91. The zero-order chi connectivity index (χ0) is 21.1. The Morgan fingerprint density at radius 3 is 2.50 bits per heavy atom. The first-order chi connectivity index (χ1) is 13.0. The van der Waals surface area contributed by atoms with Gasteiger partial charge in [0.25, 0.3) is 0 Å². The average Bonchev–Trinajstić information content (AvgIpc) is 2.95. The lowest BCUT2D eigenvalue weighted by molar-refractivity contribution is -0.134. The number of ether oxygens (including phenoxy) is 1. The second kappa shape index (κ2) is 8.62. The van der Waals surface area contributed by atoms with E-state index >= 15 is 0 Å². The van der Waals surface area contributed by atoms with E-state index in [0.29, 0.717) is 6.42 Å². The van der Waals surface area contributed by atoms with E-state index in [1.165, 1.54) is 4.90 Å². The van der Waals surface area contributed by atoms with Crippen LogP contribution in [0.5, 0.6) is 0 Å². The molecular formula is C22H33NO4Si. The summed E-state index contributed by atoms with van der Waals surface area (Å²) in [5.41, 5.74) is 1.06. The molecule has 2 rings (SSSR count). The molecule has 0 unspecified atom stereocenters. The number of carbonyl (C=O) groups is 2. The quantitative estimate of drug-likeness (QED) is 0.485. The Morgan fingerprint density at radius 1 is 1.36 bits per heavy atom. The molecule has 0 aliphatic carbocycles. The van der Waals surface area contributed by atoms with E-state index in [9.17, 15) is 9.59 Å². The molecule has 28 heavy (non-hydrogen) atoms. The molecule has 1 heterocycles. The molecule has 1 aromatic carbocycles. The van der Waals surface area contributed by atoms with Gasteiger partial charge in [-0.2, -0.15) is 0 Å². The number of rotatable bonds is 7. The molecule has 154 valence electrons. The number of benzene rings is 1. The molecule has 0 saturated carbocycles. The van der Waals surface area contributed by atoms with Gasteiger partial charge in [0.05, 0.1) is 18.1 Å². The fraction of sp³-hybridized carbons (Fsp3) is 0.545. The summed E-state index contributed by atoms with van der Waals surface area (Å²) in [6.07, 6.45) is 1.21. The predicted molar refractivity (Wildman–Crippen MR) is 114 cm³/mol. The fourth-order valence-electron chi connectivity index (χ4n) is 3.14. The Bertz CT molecular complexity index is 711. The Hall–Kier alpha value is -1.92. The first-order valence-corrected chi connectivity index (χ1v) is 12.7. The molecule has 0 radical (unpaired) electrons. The summed E-state index contributed by atoms with van der Waals surface area (Å²) in [5, 5.41) is 0.0262. The third-order valence-corrected chi connectivity index (χ3v) is 10.4. The van der Waals surface area contributed by atoms with Crippen molar-refractivity contribution in [2.45, 2.75) is 64.4 Å². The maximum absolute atomic E-state index is 13.3. The molecule has 1 aliphatic heterocycles. The Kier molecular flexibility index (Phi) is 6.88. The Labute approximate surface area is 169 Å². The highest BCUT2D eigenvalue weighted by atomic mass is 28.4. The van der Waals surface area contributed by atoms with Gasteiger partial charge in [-0.25, -0.2) is 9.69 Å². The van der Waals surface area contributed by atoms with E-state index < -0.39 is 20.3 Å². The minimum atomic E-state index is -2.06. The molecule has 1 saturated heterocycles. The van der Waals surface area contributed by atoms with Crippen LogP contribution in [0.2, 0.25) is 18.1 Å². The molecule has 1 fully saturated rings. The third-order valence-electron chi connectivity index (χ3n) is 5.84. The van der Waals surface area contributed by atoms with Gasteiger partial charge in [0.1, 0.15) is 6.61 Å². The van der Waals surface area contributed by atoms with Crippen molar-refractivity contribution in [3.05, 3.63) is 48.6 Å². The molecular weight excluding hydrogens is 370 g/mol. The molecule has 0 spiro atoms. The molecule has 0 bridgehead atoms. The molecule has 6 heteroatoms. The summed E-state index contributed by atoms with van der Waals surface area (Å²) in [5.74, 6) is -0.900. The summed E-state index contributed by atoms with van der Waals surface area (Å²) in [7, 11) is -2.06. The predicted octanol–water partition coefficient (Wildman–Crippen LogP) is 4.79. The second-order valence-corrected chi connectivity index (χ2v) is 13.7. The maximum Gasteiger partial charge on any atom is 0.417 e. The summed E-state index contributed by atoms with van der Waals surface area (Å²) in [6.45, 7) is 16.7. The van der Waals surface area contributed by atoms with Crippen molar-refractivity contribution in [2.75, 3.05) is 6.61 Å². The fourth-order valence-corrected chi connectivity index (χ4v) is 4.57. The van der Waals surface area contributed by atoms with Crippen molar-refractivity contribution >= 4 is 20.3 Å². The smallest absolute Gasteiger partial charge is 0.417 e. The highest BCUT2D eigenvalue weighted by Crippen LogP contribution is 2.38. The van der Waals surface area contributed by atoms with Crippen LogP contribution in [0.25, 0.3) is 0 Å². The number of hydrogen-bond donors (Lipinski definition) is 0. The van der Waals surface area contributed by atoms with E-state index in [0.717, 1.165) is 5.56 Å². The van der Waals surface area contributed by atoms with Crippen LogP contribution in [0, 0.1) is 5.92 Å². The molecule has 5 nitrogen and oxygen atoms in total. The minimum absolute atomic E-state index is 0.0262. The van der Waals surface area contributed by atoms with Gasteiger partial charge in [-0.1, -0.05) is 57.2 Å². The first kappa shape index (κ1) is 22.4. The summed E-state index contributed by atoms with van der Waals surface area (Å²) in [4.78, 5) is 26.8. The van der Waals surface area contributed by atoms with Gasteiger partial charge in [0, 0.05) is 0 Å². The minimum Gasteiger partial charge on any atom is -0.447 e. The van der Waals surface area contributed by atoms with Crippen LogP contribution in [0.1, 0.15) is 33.3 Å². The zero-order valence-corrected chi connectivity index (χ0v) is 18.9. The van der Waals surface area contributed by atoms with E-state index in [1.807, 2.05) is 37.3 Å². The van der Waals surface area contributed by atoms with Crippen LogP contribution >= 0.6 is 0 Å². The van der Waals surface area contributed by atoms with Gasteiger partial charge in [-0.05, 0) is 37.0 Å². The number of amides is 2. The Balaban J connectivity index is 2.17. The van der Waals surface area contributed by atoms with Crippen LogP contribution < -0.4 is 0 Å². The summed E-state index contributed by atoms with van der Waals surface area (Å²) in [6, 6.07) is 9.49. The highest BCUT2D eigenvalue weighted by Gasteiger charge is 2.44. The number of hydrogen-bond acceptors (Lipinski definition) is 4. The lowest BCUT2D eigenvalue weighted by atomic mass is 10.00. The molecule has 1 aromatic rings. The van der Waals surface area contributed by atoms with Gasteiger partial charge < -0.3 is 9.16 Å². The largest absolute Gasteiger partial charge is 0.447 e. The average molecular weight is 404 g/mol. The molecule has 3 atom stereocenters. The summed E-state index contributed by atoms with van der Waals surface area (Å²) < 4.78 is 11.6. The van der Waals surface area contributed by atoms with Gasteiger partial charge in [-0.3, -0.25) is 4.79 Å². The van der Waals surface area contributed by atoms with Crippen LogP contribution in [-0.2, 0) is 20.4 Å². The first-order valence-electron chi connectivity index (χ1n) is 9.82. The van der Waals surface area contributed by atoms with E-state index in [4.69, 9.17) is 9.16 Å². The van der Waals surface area contributed by atoms with Gasteiger partial charge in [0.2, 0.25) is 5.91 Å². The normalized spacial score (nSPS) is 19.9. The number of cyclic esters (lactones) is 1. The van der Waals surface area contributed by atoms with Crippen LogP contribution in [0.15, 0.2) is 43.0 Å². The van der Waals surface area contributed by atoms with Crippen molar-refractivity contribution in [3.8, 4) is 0 Å². The van der Waals surface area contributed by atoms with Crippen LogP contribution in [0.4, 0.5) is 4.79 Å². The Morgan fingerprint density at radius 2 is 1.96 bits per heavy atom. The highest BCUT2D eigenvalue weighted by molar-refractivity contribution is 6.74. The van der Waals surface area contributed by atoms with Crippen molar-refractivity contribution in [1.29, 1.82) is 0 Å². The van der Waals surface area contributed by atoms with E-state index in [1.54, 1.807) is 6.08 Å². The van der Waals surface area contributed by atoms with Crippen LogP contribution in [0.3, 0.4) is 0 Å². The number of carbonyl (C=O) groups excluding carboxylic acids is 2. The molecule has 0 aromatic heterocycles. The van der Waals surface area contributed by atoms with Crippen molar-refractivity contribution in [2.24, 2.45) is 5.92 Å². The van der Waals surface area contributed by atoms with Gasteiger partial charge in [-0.15, -0.1) is 6.58 Å². The molecule has 2 amide bonds. The SMILES string of the molecule is C=C[C@@H](C(=O)N1C(=O)OC[C@H]1Cc1ccccc1)[C@H](C)O[Si](C)(C)C(C)(C)C. The van der Waals surface area contributed by atoms with Gasteiger partial charge in [0.15, 0.2) is 8.32 Å². The monoisotopic (exact) mass is 403 g/mol. The van der Waals surface area contributed by atoms with Crippen molar-refractivity contribution in [1.82, 2.24) is 4.90 Å². The van der Waals surface area contributed by atoms with Gasteiger partial charge >= 0.3 is 6.09 Å². The molecule has 1 aliphatic rings. The standard InChI is InChI=1S/C22H33NO4Si/c1-8-19(16(2)27-28(6,7)22(3,4)5)20(24)23-18(15-26-21(23)25)14-17-12-10-9-11-13-17/h8-13,16,18-19H,1,14-15H2,2-7H3/t16-,18+,19+/m0/s1.